The lowest BCUT2D eigenvalue weighted by Gasteiger charge is -2.23. The largest absolute Gasteiger partial charge is 0.355 e. The molecule has 1 aliphatic carbocycles. The van der Waals surface area contributed by atoms with Crippen LogP contribution in [0.2, 0.25) is 5.02 Å². The third-order valence-corrected chi connectivity index (χ3v) is 5.90. The maximum Gasteiger partial charge on any atom is 0.184 e. The van der Waals surface area contributed by atoms with Gasteiger partial charge in [-0.2, -0.15) is 0 Å². The summed E-state index contributed by atoms with van der Waals surface area (Å²) in [6.07, 6.45) is 3.66. The van der Waals surface area contributed by atoms with E-state index in [9.17, 15) is 0 Å². The Bertz CT molecular complexity index is 762. The molecule has 4 rings (SSSR count). The fraction of sp³-hybridized carbons (Fsp3) is 0.267. The van der Waals surface area contributed by atoms with Crippen LogP contribution in [-0.4, -0.2) is 4.98 Å². The highest BCUT2D eigenvalue weighted by Gasteiger charge is 2.21. The molecule has 0 amide bonds. The fourth-order valence-electron chi connectivity index (χ4n) is 2.75. The molecule has 20 heavy (non-hydrogen) atoms. The number of benzene rings is 1. The summed E-state index contributed by atoms with van der Waals surface area (Å²) in [6, 6.07) is 8.54. The van der Waals surface area contributed by atoms with Crippen molar-refractivity contribution in [2.45, 2.75) is 25.3 Å². The van der Waals surface area contributed by atoms with Crippen molar-refractivity contribution in [1.82, 2.24) is 4.98 Å². The fourth-order valence-corrected chi connectivity index (χ4v) is 4.80. The van der Waals surface area contributed by atoms with Crippen molar-refractivity contribution in [3.8, 4) is 0 Å². The number of rotatable bonds is 2. The highest BCUT2D eigenvalue weighted by Crippen LogP contribution is 2.37. The second-order valence-electron chi connectivity index (χ2n) is 5.02. The molecule has 5 heteroatoms. The Kier molecular flexibility index (Phi) is 3.17. The predicted octanol–water partition coefficient (Wildman–Crippen LogP) is 5.50. The number of thiophene rings is 1. The first-order valence-electron chi connectivity index (χ1n) is 6.68. The summed E-state index contributed by atoms with van der Waals surface area (Å²) in [4.78, 5) is 6.18. The topological polar surface area (TPSA) is 24.9 Å². The van der Waals surface area contributed by atoms with Gasteiger partial charge in [-0.1, -0.05) is 22.9 Å². The average Bonchev–Trinajstić information content (AvgIpc) is 3.04. The molecule has 1 aliphatic rings. The number of thiazole rings is 1. The molecule has 0 aliphatic heterocycles. The van der Waals surface area contributed by atoms with Gasteiger partial charge < -0.3 is 5.32 Å². The third kappa shape index (κ3) is 2.22. The molecule has 1 unspecified atom stereocenters. The maximum atomic E-state index is 6.02. The first-order chi connectivity index (χ1) is 9.79. The molecular weight excluding hydrogens is 308 g/mol. The molecule has 0 bridgehead atoms. The lowest BCUT2D eigenvalue weighted by atomic mass is 9.94. The van der Waals surface area contributed by atoms with E-state index in [1.807, 2.05) is 29.5 Å². The highest BCUT2D eigenvalue weighted by molar-refractivity contribution is 7.22. The summed E-state index contributed by atoms with van der Waals surface area (Å²) in [6.45, 7) is 0. The van der Waals surface area contributed by atoms with E-state index in [2.05, 4.69) is 21.7 Å². The van der Waals surface area contributed by atoms with Crippen LogP contribution in [0.1, 0.15) is 29.3 Å². The van der Waals surface area contributed by atoms with Crippen LogP contribution in [0.5, 0.6) is 0 Å². The quantitative estimate of drug-likeness (QED) is 0.674. The number of hydrogen-bond donors (Lipinski definition) is 1. The van der Waals surface area contributed by atoms with E-state index in [0.717, 1.165) is 15.7 Å². The number of nitrogens with one attached hydrogen (secondary N) is 1. The van der Waals surface area contributed by atoms with Gasteiger partial charge in [-0.25, -0.2) is 4.98 Å². The van der Waals surface area contributed by atoms with Crippen molar-refractivity contribution in [3.05, 3.63) is 45.1 Å². The van der Waals surface area contributed by atoms with Crippen LogP contribution < -0.4 is 5.32 Å². The molecule has 0 spiro atoms. The zero-order valence-electron chi connectivity index (χ0n) is 10.7. The Labute approximate surface area is 130 Å². The van der Waals surface area contributed by atoms with E-state index >= 15 is 0 Å². The van der Waals surface area contributed by atoms with Crippen molar-refractivity contribution >= 4 is 49.6 Å². The van der Waals surface area contributed by atoms with Gasteiger partial charge in [0.2, 0.25) is 0 Å². The van der Waals surface area contributed by atoms with E-state index < -0.39 is 0 Å². The van der Waals surface area contributed by atoms with Crippen molar-refractivity contribution in [2.75, 3.05) is 5.32 Å². The van der Waals surface area contributed by atoms with Gasteiger partial charge in [0, 0.05) is 9.90 Å². The molecule has 0 saturated carbocycles. The number of halogens is 1. The summed E-state index contributed by atoms with van der Waals surface area (Å²) < 4.78 is 1.18. The number of anilines is 1. The second kappa shape index (κ2) is 5.02. The van der Waals surface area contributed by atoms with Crippen molar-refractivity contribution in [2.24, 2.45) is 0 Å². The Balaban J connectivity index is 1.65. The number of aromatic nitrogens is 1. The van der Waals surface area contributed by atoms with E-state index in [4.69, 9.17) is 11.6 Å². The minimum Gasteiger partial charge on any atom is -0.355 e. The van der Waals surface area contributed by atoms with Gasteiger partial charge in [-0.3, -0.25) is 0 Å². The van der Waals surface area contributed by atoms with Crippen LogP contribution in [0.15, 0.2) is 29.6 Å². The molecular formula is C15H13ClN2S2. The third-order valence-electron chi connectivity index (χ3n) is 3.70. The maximum absolute atomic E-state index is 6.02. The minimum absolute atomic E-state index is 0.404. The summed E-state index contributed by atoms with van der Waals surface area (Å²) in [5.74, 6) is 0. The smallest absolute Gasteiger partial charge is 0.184 e. The highest BCUT2D eigenvalue weighted by atomic mass is 35.5. The van der Waals surface area contributed by atoms with Crippen LogP contribution in [0.25, 0.3) is 10.2 Å². The molecule has 2 heterocycles. The SMILES string of the molecule is Clc1ccc2sc(NC3CCCc4sccc43)nc2c1. The summed E-state index contributed by atoms with van der Waals surface area (Å²) in [7, 11) is 0. The average molecular weight is 321 g/mol. The van der Waals surface area contributed by atoms with Crippen LogP contribution in [0.3, 0.4) is 0 Å². The summed E-state index contributed by atoms with van der Waals surface area (Å²) in [5, 5.41) is 7.53. The first-order valence-corrected chi connectivity index (χ1v) is 8.76. The van der Waals surface area contributed by atoms with Crippen molar-refractivity contribution < 1.29 is 0 Å². The number of fused-ring (bicyclic) bond motifs is 2. The van der Waals surface area contributed by atoms with Crippen molar-refractivity contribution in [3.63, 3.8) is 0 Å². The zero-order chi connectivity index (χ0) is 13.5. The first kappa shape index (κ1) is 12.6. The van der Waals surface area contributed by atoms with E-state index in [0.29, 0.717) is 6.04 Å². The van der Waals surface area contributed by atoms with Crippen LogP contribution in [0, 0.1) is 0 Å². The number of nitrogens with zero attached hydrogens (tertiary/aromatic N) is 1. The molecule has 3 aromatic rings. The Morgan fingerprint density at radius 3 is 3.20 bits per heavy atom. The van der Waals surface area contributed by atoms with Crippen LogP contribution in [0.4, 0.5) is 5.13 Å². The van der Waals surface area contributed by atoms with E-state index in [1.165, 1.54) is 34.4 Å². The summed E-state index contributed by atoms with van der Waals surface area (Å²) in [5.41, 5.74) is 2.44. The van der Waals surface area contributed by atoms with Crippen LogP contribution in [-0.2, 0) is 6.42 Å². The van der Waals surface area contributed by atoms with E-state index in [1.54, 1.807) is 11.3 Å². The molecule has 1 atom stereocenters. The summed E-state index contributed by atoms with van der Waals surface area (Å²) >= 11 is 9.59. The van der Waals surface area contributed by atoms with Gasteiger partial charge in [0.05, 0.1) is 16.3 Å². The lowest BCUT2D eigenvalue weighted by Crippen LogP contribution is -2.15. The second-order valence-corrected chi connectivity index (χ2v) is 7.49. The zero-order valence-corrected chi connectivity index (χ0v) is 13.1. The molecule has 0 radical (unpaired) electrons. The molecule has 1 N–H and O–H groups in total. The normalized spacial score (nSPS) is 18.1. The van der Waals surface area contributed by atoms with Gasteiger partial charge in [0.25, 0.3) is 0 Å². The van der Waals surface area contributed by atoms with Gasteiger partial charge >= 0.3 is 0 Å². The minimum atomic E-state index is 0.404. The predicted molar refractivity (Wildman–Crippen MR) is 88.3 cm³/mol. The van der Waals surface area contributed by atoms with Gasteiger partial charge in [0.1, 0.15) is 0 Å². The van der Waals surface area contributed by atoms with Crippen molar-refractivity contribution in [1.29, 1.82) is 0 Å². The Morgan fingerprint density at radius 2 is 2.25 bits per heavy atom. The Morgan fingerprint density at radius 1 is 1.30 bits per heavy atom. The molecule has 1 aromatic carbocycles. The van der Waals surface area contributed by atoms with E-state index in [-0.39, 0.29) is 0 Å². The lowest BCUT2D eigenvalue weighted by molar-refractivity contribution is 0.608. The molecule has 2 aromatic heterocycles. The number of hydrogen-bond acceptors (Lipinski definition) is 4. The van der Waals surface area contributed by atoms with Gasteiger partial charge in [-0.15, -0.1) is 11.3 Å². The van der Waals surface area contributed by atoms with Crippen LogP contribution >= 0.6 is 34.3 Å². The van der Waals surface area contributed by atoms with Gasteiger partial charge in [0.15, 0.2) is 5.13 Å². The molecule has 0 fully saturated rings. The number of aryl methyl sites for hydroxylation is 1. The molecule has 0 saturated heterocycles. The Hall–Kier alpha value is -1.10. The standard InChI is InChI=1S/C15H13ClN2S2/c16-9-4-5-14-12(8-9)18-15(20-14)17-11-2-1-3-13-10(11)6-7-19-13/h4-8,11H,1-3H2,(H,17,18). The molecule has 2 nitrogen and oxygen atoms in total. The van der Waals surface area contributed by atoms with Gasteiger partial charge in [-0.05, 0) is 54.5 Å². The monoisotopic (exact) mass is 320 g/mol. The molecule has 102 valence electrons.